The molecule has 128 valence electrons. The van der Waals surface area contributed by atoms with E-state index >= 15 is 0 Å². The third kappa shape index (κ3) is 6.89. The van der Waals surface area contributed by atoms with Crippen molar-refractivity contribution in [3.05, 3.63) is 0 Å². The lowest BCUT2D eigenvalue weighted by Gasteiger charge is -2.25. The van der Waals surface area contributed by atoms with Gasteiger partial charge in [0.15, 0.2) is 0 Å². The molecule has 7 heteroatoms. The number of methoxy groups -OCH3 is 2. The third-order valence-corrected chi connectivity index (χ3v) is 3.31. The van der Waals surface area contributed by atoms with Crippen molar-refractivity contribution in [2.75, 3.05) is 20.8 Å². The molecule has 1 aliphatic rings. The Hall–Kier alpha value is -1.63. The van der Waals surface area contributed by atoms with E-state index in [1.54, 1.807) is 14.0 Å². The van der Waals surface area contributed by atoms with E-state index in [-0.39, 0.29) is 11.5 Å². The van der Waals surface area contributed by atoms with E-state index in [2.05, 4.69) is 10.1 Å². The van der Waals surface area contributed by atoms with E-state index < -0.39 is 18.1 Å². The van der Waals surface area contributed by atoms with Gasteiger partial charge in [-0.25, -0.2) is 4.79 Å². The minimum atomic E-state index is -0.609. The summed E-state index contributed by atoms with van der Waals surface area (Å²) in [6.45, 7) is 8.18. The Morgan fingerprint density at radius 3 is 2.27 bits per heavy atom. The van der Waals surface area contributed by atoms with Crippen LogP contribution < -0.4 is 5.32 Å². The van der Waals surface area contributed by atoms with E-state index in [1.807, 2.05) is 20.8 Å². The number of esters is 1. The van der Waals surface area contributed by atoms with Gasteiger partial charge in [0.25, 0.3) is 0 Å². The molecular weight excluding hydrogens is 288 g/mol. The minimum absolute atomic E-state index is 0.0417. The number of nitrogens with zero attached hydrogens (tertiary/aromatic N) is 1. The van der Waals surface area contributed by atoms with Crippen molar-refractivity contribution >= 4 is 18.3 Å². The number of carbonyl (C=O) groups excluding carboxylic acids is 3. The fraction of sp³-hybridized carbons (Fsp3) is 0.800. The normalized spacial score (nSPS) is 18.8. The maximum atomic E-state index is 11.9. The standard InChI is InChI=1S/C10H16N2O4.C5H12O/c1-7(11-6-13)9(14)12-5-3-4-8(12)10(15)16-2;1-5(2,3)6-4/h6-8H,3-5H2,1-2H3,(H,11,13);1-4H3/t7-,8?;/m0./s1. The van der Waals surface area contributed by atoms with Gasteiger partial charge < -0.3 is 19.7 Å². The van der Waals surface area contributed by atoms with Crippen molar-refractivity contribution in [3.63, 3.8) is 0 Å². The number of nitrogens with one attached hydrogen (secondary N) is 1. The number of hydrogen-bond donors (Lipinski definition) is 1. The van der Waals surface area contributed by atoms with E-state index in [0.29, 0.717) is 19.4 Å². The average Bonchev–Trinajstić information content (AvgIpc) is 2.95. The molecule has 1 rings (SSSR count). The molecule has 1 saturated heterocycles. The summed E-state index contributed by atoms with van der Waals surface area (Å²) in [5.41, 5.74) is 0.0417. The lowest BCUT2D eigenvalue weighted by molar-refractivity contribution is -0.151. The number of hydrogen-bond acceptors (Lipinski definition) is 5. The number of amides is 2. The van der Waals surface area contributed by atoms with Gasteiger partial charge in [-0.05, 0) is 40.5 Å². The summed E-state index contributed by atoms with van der Waals surface area (Å²) in [5, 5.41) is 2.38. The highest BCUT2D eigenvalue weighted by atomic mass is 16.5. The molecule has 0 spiro atoms. The van der Waals surface area contributed by atoms with Gasteiger partial charge >= 0.3 is 5.97 Å². The monoisotopic (exact) mass is 316 g/mol. The Kier molecular flexibility index (Phi) is 8.70. The first-order valence-electron chi connectivity index (χ1n) is 7.31. The van der Waals surface area contributed by atoms with Crippen molar-refractivity contribution in [1.82, 2.24) is 10.2 Å². The van der Waals surface area contributed by atoms with Crippen LogP contribution in [-0.2, 0) is 23.9 Å². The van der Waals surface area contributed by atoms with Crippen LogP contribution in [0, 0.1) is 0 Å². The van der Waals surface area contributed by atoms with Gasteiger partial charge in [-0.15, -0.1) is 0 Å². The molecule has 2 amide bonds. The Labute approximate surface area is 132 Å². The number of likely N-dealkylation sites (tertiary alicyclic amines) is 1. The molecule has 0 aliphatic carbocycles. The van der Waals surface area contributed by atoms with Crippen LogP contribution in [0.15, 0.2) is 0 Å². The number of rotatable bonds is 4. The van der Waals surface area contributed by atoms with Crippen molar-refractivity contribution in [2.45, 2.75) is 58.2 Å². The third-order valence-electron chi connectivity index (χ3n) is 3.31. The second-order valence-electron chi connectivity index (χ2n) is 6.04. The van der Waals surface area contributed by atoms with E-state index in [1.165, 1.54) is 12.0 Å². The van der Waals surface area contributed by atoms with E-state index in [4.69, 9.17) is 4.74 Å². The quantitative estimate of drug-likeness (QED) is 0.610. The van der Waals surface area contributed by atoms with Crippen LogP contribution in [0.1, 0.15) is 40.5 Å². The van der Waals surface area contributed by atoms with E-state index in [9.17, 15) is 14.4 Å². The maximum absolute atomic E-state index is 11.9. The molecule has 1 unspecified atom stereocenters. The van der Waals surface area contributed by atoms with Gasteiger partial charge in [0.2, 0.25) is 12.3 Å². The molecule has 7 nitrogen and oxygen atoms in total. The number of ether oxygens (including phenoxy) is 2. The molecule has 0 bridgehead atoms. The van der Waals surface area contributed by atoms with Gasteiger partial charge in [-0.1, -0.05) is 0 Å². The zero-order valence-electron chi connectivity index (χ0n) is 14.3. The van der Waals surface area contributed by atoms with Gasteiger partial charge in [-0.3, -0.25) is 9.59 Å². The highest BCUT2D eigenvalue weighted by Crippen LogP contribution is 2.19. The topological polar surface area (TPSA) is 84.9 Å². The summed E-state index contributed by atoms with van der Waals surface area (Å²) in [5.74, 6) is -0.649. The van der Waals surface area contributed by atoms with Gasteiger partial charge in [0.1, 0.15) is 12.1 Å². The van der Waals surface area contributed by atoms with Crippen LogP contribution in [-0.4, -0.2) is 61.6 Å². The van der Waals surface area contributed by atoms with Crippen molar-refractivity contribution in [2.24, 2.45) is 0 Å². The van der Waals surface area contributed by atoms with Crippen molar-refractivity contribution in [1.29, 1.82) is 0 Å². The summed E-state index contributed by atoms with van der Waals surface area (Å²) in [6.07, 6.45) is 1.87. The largest absolute Gasteiger partial charge is 0.467 e. The summed E-state index contributed by atoms with van der Waals surface area (Å²) in [6, 6.07) is -1.11. The lowest BCUT2D eigenvalue weighted by Crippen LogP contribution is -2.49. The first-order chi connectivity index (χ1) is 10.2. The molecule has 1 aliphatic heterocycles. The Morgan fingerprint density at radius 1 is 1.32 bits per heavy atom. The highest BCUT2D eigenvalue weighted by Gasteiger charge is 2.36. The summed E-state index contributed by atoms with van der Waals surface area (Å²) >= 11 is 0. The van der Waals surface area contributed by atoms with Gasteiger partial charge in [-0.2, -0.15) is 0 Å². The first-order valence-corrected chi connectivity index (χ1v) is 7.31. The molecule has 0 aromatic heterocycles. The highest BCUT2D eigenvalue weighted by molar-refractivity contribution is 5.88. The van der Waals surface area contributed by atoms with Crippen molar-refractivity contribution < 1.29 is 23.9 Å². The zero-order valence-corrected chi connectivity index (χ0v) is 14.3. The molecule has 1 N–H and O–H groups in total. The zero-order chi connectivity index (χ0) is 17.3. The second kappa shape index (κ2) is 9.40. The molecule has 22 heavy (non-hydrogen) atoms. The van der Waals surface area contributed by atoms with E-state index in [0.717, 1.165) is 6.42 Å². The van der Waals surface area contributed by atoms with Crippen LogP contribution in [0.25, 0.3) is 0 Å². The second-order valence-corrected chi connectivity index (χ2v) is 6.04. The van der Waals surface area contributed by atoms with Gasteiger partial charge in [0.05, 0.1) is 12.7 Å². The maximum Gasteiger partial charge on any atom is 0.328 e. The summed E-state index contributed by atoms with van der Waals surface area (Å²) < 4.78 is 9.57. The Morgan fingerprint density at radius 2 is 1.86 bits per heavy atom. The lowest BCUT2D eigenvalue weighted by atomic mass is 10.2. The Bertz CT molecular complexity index is 379. The molecular formula is C15H28N2O5. The van der Waals surface area contributed by atoms with Crippen LogP contribution in [0.5, 0.6) is 0 Å². The molecule has 1 fully saturated rings. The predicted molar refractivity (Wildman–Crippen MR) is 82.2 cm³/mol. The number of carbonyl (C=O) groups is 3. The Balaban J connectivity index is 0.000000626. The fourth-order valence-electron chi connectivity index (χ4n) is 1.83. The molecule has 0 saturated carbocycles. The fourth-order valence-corrected chi connectivity index (χ4v) is 1.83. The predicted octanol–water partition coefficient (Wildman–Crippen LogP) is 0.716. The van der Waals surface area contributed by atoms with Crippen LogP contribution in [0.2, 0.25) is 0 Å². The molecule has 2 atom stereocenters. The van der Waals surface area contributed by atoms with Crippen molar-refractivity contribution in [3.8, 4) is 0 Å². The molecule has 0 radical (unpaired) electrons. The van der Waals surface area contributed by atoms with Gasteiger partial charge in [0, 0.05) is 13.7 Å². The first kappa shape index (κ1) is 20.4. The average molecular weight is 316 g/mol. The van der Waals surface area contributed by atoms with Crippen LogP contribution in [0.4, 0.5) is 0 Å². The summed E-state index contributed by atoms with van der Waals surface area (Å²) in [4.78, 5) is 35.0. The molecule has 1 heterocycles. The SMILES string of the molecule is COC(=O)C1CCCN1C(=O)[C@H](C)NC=O.COC(C)(C)C. The summed E-state index contributed by atoms with van der Waals surface area (Å²) in [7, 11) is 3.01. The smallest absolute Gasteiger partial charge is 0.328 e. The van der Waals surface area contributed by atoms with Crippen LogP contribution in [0.3, 0.4) is 0 Å². The van der Waals surface area contributed by atoms with Crippen LogP contribution >= 0.6 is 0 Å². The molecule has 0 aromatic rings. The molecule has 0 aromatic carbocycles. The minimum Gasteiger partial charge on any atom is -0.467 e.